The maximum absolute atomic E-state index is 13.6. The number of fused-ring (bicyclic) bond motifs is 1. The Kier molecular flexibility index (Phi) is 7.19. The van der Waals surface area contributed by atoms with Gasteiger partial charge in [0.25, 0.3) is 5.56 Å². The Morgan fingerprint density at radius 3 is 2.51 bits per heavy atom. The molecule has 0 saturated carbocycles. The van der Waals surface area contributed by atoms with Crippen molar-refractivity contribution in [3.05, 3.63) is 76.6 Å². The van der Waals surface area contributed by atoms with Gasteiger partial charge in [0.15, 0.2) is 5.82 Å². The normalized spacial score (nSPS) is 15.9. The average molecular weight is 535 g/mol. The van der Waals surface area contributed by atoms with Gasteiger partial charge in [0.05, 0.1) is 24.0 Å². The number of ether oxygens (including phenoxy) is 1. The number of hydrogen-bond acceptors (Lipinski definition) is 7. The largest absolute Gasteiger partial charge is 0.460 e. The van der Waals surface area contributed by atoms with Gasteiger partial charge in [-0.2, -0.15) is 0 Å². The predicted octanol–water partition coefficient (Wildman–Crippen LogP) is 2.31. The van der Waals surface area contributed by atoms with Crippen molar-refractivity contribution < 1.29 is 19.0 Å². The number of amides is 1. The third-order valence-electron chi connectivity index (χ3n) is 7.26. The SMILES string of the molecule is CC(F)Oc1ccccc1Cn1c2cc(-c3cnc(C4(O)CCN(C(=O)CN)CC4)nc3)ccc2c(=O)n1C. The molecule has 39 heavy (non-hydrogen) atoms. The van der Waals surface area contributed by atoms with E-state index >= 15 is 0 Å². The molecule has 1 fully saturated rings. The monoisotopic (exact) mass is 534 g/mol. The van der Waals surface area contributed by atoms with Crippen LogP contribution in [0.2, 0.25) is 0 Å². The van der Waals surface area contributed by atoms with Crippen LogP contribution in [0.5, 0.6) is 5.75 Å². The molecule has 11 heteroatoms. The van der Waals surface area contributed by atoms with Gasteiger partial charge >= 0.3 is 0 Å². The molecule has 1 saturated heterocycles. The molecule has 1 atom stereocenters. The molecule has 2 aromatic carbocycles. The van der Waals surface area contributed by atoms with Crippen molar-refractivity contribution in [3.8, 4) is 16.9 Å². The maximum atomic E-state index is 13.6. The summed E-state index contributed by atoms with van der Waals surface area (Å²) in [7, 11) is 1.69. The number of carbonyl (C=O) groups is 1. The lowest BCUT2D eigenvalue weighted by Crippen LogP contribution is -2.47. The van der Waals surface area contributed by atoms with E-state index in [1.54, 1.807) is 42.5 Å². The zero-order valence-electron chi connectivity index (χ0n) is 21.9. The molecule has 0 bridgehead atoms. The van der Waals surface area contributed by atoms with Crippen LogP contribution in [0, 0.1) is 0 Å². The van der Waals surface area contributed by atoms with E-state index in [0.717, 1.165) is 16.7 Å². The van der Waals surface area contributed by atoms with Crippen molar-refractivity contribution in [1.29, 1.82) is 0 Å². The third-order valence-corrected chi connectivity index (χ3v) is 7.26. The molecular formula is C28H31FN6O4. The number of halogens is 1. The Morgan fingerprint density at radius 2 is 1.85 bits per heavy atom. The highest BCUT2D eigenvalue weighted by atomic mass is 19.1. The molecular weight excluding hydrogens is 503 g/mol. The van der Waals surface area contributed by atoms with Crippen molar-refractivity contribution in [2.75, 3.05) is 19.6 Å². The van der Waals surface area contributed by atoms with E-state index in [2.05, 4.69) is 9.97 Å². The van der Waals surface area contributed by atoms with Gasteiger partial charge in [-0.15, -0.1) is 0 Å². The van der Waals surface area contributed by atoms with Crippen LogP contribution in [-0.2, 0) is 24.0 Å². The first-order chi connectivity index (χ1) is 18.7. The van der Waals surface area contributed by atoms with Gasteiger partial charge in [0.2, 0.25) is 12.3 Å². The number of alkyl halides is 1. The van der Waals surface area contributed by atoms with E-state index in [1.165, 1.54) is 11.6 Å². The van der Waals surface area contributed by atoms with E-state index < -0.39 is 12.0 Å². The fourth-order valence-electron chi connectivity index (χ4n) is 5.02. The summed E-state index contributed by atoms with van der Waals surface area (Å²) in [5.74, 6) is 0.580. The predicted molar refractivity (Wildman–Crippen MR) is 144 cm³/mol. The molecule has 1 aliphatic rings. The highest BCUT2D eigenvalue weighted by Gasteiger charge is 2.37. The van der Waals surface area contributed by atoms with Crippen LogP contribution in [-0.4, -0.2) is 61.2 Å². The number of aromatic nitrogens is 4. The van der Waals surface area contributed by atoms with Gasteiger partial charge in [0, 0.05) is 63.4 Å². The first kappa shape index (κ1) is 26.5. The van der Waals surface area contributed by atoms with Crippen LogP contribution in [0.3, 0.4) is 0 Å². The molecule has 1 aliphatic heterocycles. The molecule has 2 aromatic heterocycles. The fourth-order valence-corrected chi connectivity index (χ4v) is 5.02. The standard InChI is InChI=1S/C28H31FN6O4/c1-18(29)39-24-6-4-3-5-20(24)17-35-23-13-19(7-8-22(23)26(37)33(35)2)21-15-31-27(32-16-21)28(38)9-11-34(12-10-28)25(36)14-30/h3-8,13,15-16,18,38H,9-12,14,17,30H2,1-2H3. The number of benzene rings is 2. The summed E-state index contributed by atoms with van der Waals surface area (Å²) in [6, 6.07) is 12.6. The fraction of sp³-hybridized carbons (Fsp3) is 0.357. The first-order valence-electron chi connectivity index (χ1n) is 12.8. The molecule has 4 aromatic rings. The van der Waals surface area contributed by atoms with E-state index in [-0.39, 0.29) is 18.0 Å². The van der Waals surface area contributed by atoms with Crippen LogP contribution >= 0.6 is 0 Å². The summed E-state index contributed by atoms with van der Waals surface area (Å²) >= 11 is 0. The minimum atomic E-state index is -1.47. The smallest absolute Gasteiger partial charge is 0.274 e. The number of rotatable bonds is 7. The second-order valence-corrected chi connectivity index (χ2v) is 9.80. The number of carbonyl (C=O) groups excluding carboxylic acids is 1. The van der Waals surface area contributed by atoms with Gasteiger partial charge in [-0.3, -0.25) is 19.0 Å². The summed E-state index contributed by atoms with van der Waals surface area (Å²) in [6.45, 7) is 2.34. The van der Waals surface area contributed by atoms with Gasteiger partial charge in [-0.1, -0.05) is 24.3 Å². The van der Waals surface area contributed by atoms with E-state index in [4.69, 9.17) is 10.5 Å². The van der Waals surface area contributed by atoms with E-state index in [1.807, 2.05) is 28.9 Å². The van der Waals surface area contributed by atoms with Gasteiger partial charge in [0.1, 0.15) is 11.4 Å². The number of nitrogens with zero attached hydrogens (tertiary/aromatic N) is 5. The zero-order chi connectivity index (χ0) is 27.7. The molecule has 10 nitrogen and oxygen atoms in total. The lowest BCUT2D eigenvalue weighted by Gasteiger charge is -2.37. The van der Waals surface area contributed by atoms with E-state index in [9.17, 15) is 19.1 Å². The number of para-hydroxylation sites is 1. The molecule has 0 aliphatic carbocycles. The number of hydrogen-bond donors (Lipinski definition) is 2. The van der Waals surface area contributed by atoms with Gasteiger partial charge in [-0.05, 0) is 23.8 Å². The van der Waals surface area contributed by atoms with Gasteiger partial charge < -0.3 is 20.5 Å². The Bertz CT molecular complexity index is 1550. The second kappa shape index (κ2) is 10.6. The van der Waals surface area contributed by atoms with Crippen LogP contribution in [0.25, 0.3) is 22.0 Å². The highest BCUT2D eigenvalue weighted by molar-refractivity contribution is 5.84. The Morgan fingerprint density at radius 1 is 1.15 bits per heavy atom. The molecule has 1 amide bonds. The van der Waals surface area contributed by atoms with Crippen molar-refractivity contribution in [3.63, 3.8) is 0 Å². The van der Waals surface area contributed by atoms with Crippen molar-refractivity contribution in [2.45, 2.75) is 38.3 Å². The third kappa shape index (κ3) is 5.15. The summed E-state index contributed by atoms with van der Waals surface area (Å²) in [5.41, 5.74) is 7.03. The average Bonchev–Trinajstić information content (AvgIpc) is 3.18. The lowest BCUT2D eigenvalue weighted by atomic mass is 9.90. The molecule has 1 unspecified atom stereocenters. The first-order valence-corrected chi connectivity index (χ1v) is 12.8. The Hall–Kier alpha value is -4.09. The summed E-state index contributed by atoms with van der Waals surface area (Å²) < 4.78 is 22.3. The Balaban J connectivity index is 1.43. The zero-order valence-corrected chi connectivity index (χ0v) is 21.9. The Labute approximate surface area is 224 Å². The molecule has 0 radical (unpaired) electrons. The van der Waals surface area contributed by atoms with Gasteiger partial charge in [-0.25, -0.2) is 14.4 Å². The van der Waals surface area contributed by atoms with Crippen LogP contribution in [0.15, 0.2) is 59.7 Å². The van der Waals surface area contributed by atoms with E-state index in [0.29, 0.717) is 55.0 Å². The number of likely N-dealkylation sites (tertiary alicyclic amines) is 1. The van der Waals surface area contributed by atoms with Crippen molar-refractivity contribution in [1.82, 2.24) is 24.2 Å². The number of piperidine rings is 1. The minimum Gasteiger partial charge on any atom is -0.460 e. The number of nitrogens with two attached hydrogens (primary N) is 1. The molecule has 3 N–H and O–H groups in total. The van der Waals surface area contributed by atoms with Crippen molar-refractivity contribution >= 4 is 16.8 Å². The second-order valence-electron chi connectivity index (χ2n) is 9.80. The minimum absolute atomic E-state index is 0.0552. The molecule has 0 spiro atoms. The summed E-state index contributed by atoms with van der Waals surface area (Å²) in [5, 5.41) is 11.7. The highest BCUT2D eigenvalue weighted by Crippen LogP contribution is 2.32. The molecule has 204 valence electrons. The quantitative estimate of drug-likeness (QED) is 0.372. The lowest BCUT2D eigenvalue weighted by molar-refractivity contribution is -0.134. The summed E-state index contributed by atoms with van der Waals surface area (Å²) in [6.07, 6.45) is 2.48. The molecule has 5 rings (SSSR count). The topological polar surface area (TPSA) is 128 Å². The maximum Gasteiger partial charge on any atom is 0.274 e. The van der Waals surface area contributed by atoms with Crippen molar-refractivity contribution in [2.24, 2.45) is 12.8 Å². The number of aliphatic hydroxyl groups is 1. The van der Waals surface area contributed by atoms with Crippen LogP contribution < -0.4 is 16.0 Å². The van der Waals surface area contributed by atoms with Crippen LogP contribution in [0.1, 0.15) is 31.2 Å². The molecule has 3 heterocycles. The summed E-state index contributed by atoms with van der Waals surface area (Å²) in [4.78, 5) is 35.4. The van der Waals surface area contributed by atoms with Crippen LogP contribution in [0.4, 0.5) is 4.39 Å².